The first-order valence-electron chi connectivity index (χ1n) is 17.8. The SMILES string of the molecule is O=P(c1ccccc1)(c1ccccc1)c1ccc(-c2c3ccccc3c(-c3cc(-c4ccccc4)n4c(n3)nc3ccccc34)c3ccccc23)cc1. The maximum atomic E-state index is 15.2. The van der Waals surface area contributed by atoms with Crippen molar-refractivity contribution in [2.75, 3.05) is 0 Å². The first kappa shape index (κ1) is 31.2. The Morgan fingerprint density at radius 3 is 1.47 bits per heavy atom. The highest BCUT2D eigenvalue weighted by atomic mass is 31.2. The first-order valence-corrected chi connectivity index (χ1v) is 19.5. The molecule has 250 valence electrons. The molecule has 8 aromatic carbocycles. The van der Waals surface area contributed by atoms with Gasteiger partial charge in [-0.05, 0) is 56.4 Å². The summed E-state index contributed by atoms with van der Waals surface area (Å²) in [6.45, 7) is 0. The molecule has 2 heterocycles. The molecule has 0 fully saturated rings. The molecule has 0 radical (unpaired) electrons. The van der Waals surface area contributed by atoms with Gasteiger partial charge in [0.05, 0.1) is 22.4 Å². The number of hydrogen-bond donors (Lipinski definition) is 0. The normalized spacial score (nSPS) is 11.8. The largest absolute Gasteiger partial charge is 0.309 e. The number of hydrogen-bond acceptors (Lipinski definition) is 3. The molecule has 0 unspecified atom stereocenters. The van der Waals surface area contributed by atoms with E-state index < -0.39 is 7.14 Å². The number of aromatic nitrogens is 3. The summed E-state index contributed by atoms with van der Waals surface area (Å²) in [5, 5.41) is 6.92. The average molecular weight is 698 g/mol. The summed E-state index contributed by atoms with van der Waals surface area (Å²) in [4.78, 5) is 10.3. The highest BCUT2D eigenvalue weighted by molar-refractivity contribution is 7.85. The number of rotatable bonds is 6. The Morgan fingerprint density at radius 2 is 0.887 bits per heavy atom. The first-order chi connectivity index (χ1) is 26.2. The van der Waals surface area contributed by atoms with Gasteiger partial charge in [-0.25, -0.2) is 9.97 Å². The smallest absolute Gasteiger partial charge is 0.235 e. The van der Waals surface area contributed by atoms with Gasteiger partial charge in [-0.2, -0.15) is 0 Å². The van der Waals surface area contributed by atoms with Crippen molar-refractivity contribution in [3.8, 4) is 33.6 Å². The Labute approximate surface area is 307 Å². The lowest BCUT2D eigenvalue weighted by molar-refractivity contribution is 0.592. The van der Waals surface area contributed by atoms with E-state index in [1.54, 1.807) is 0 Å². The zero-order valence-corrected chi connectivity index (χ0v) is 29.6. The van der Waals surface area contributed by atoms with E-state index in [1.165, 1.54) is 0 Å². The molecule has 5 heteroatoms. The zero-order chi connectivity index (χ0) is 35.4. The second-order valence-electron chi connectivity index (χ2n) is 13.3. The molecular formula is C48H32N3OP. The van der Waals surface area contributed by atoms with E-state index in [1.807, 2.05) is 84.9 Å². The molecule has 10 aromatic rings. The Hall–Kier alpha value is -6.61. The van der Waals surface area contributed by atoms with E-state index in [0.29, 0.717) is 5.78 Å². The molecule has 0 N–H and O–H groups in total. The zero-order valence-electron chi connectivity index (χ0n) is 28.7. The van der Waals surface area contributed by atoms with Gasteiger partial charge in [0.2, 0.25) is 5.78 Å². The summed E-state index contributed by atoms with van der Waals surface area (Å²) in [6, 6.07) is 66.2. The van der Waals surface area contributed by atoms with E-state index in [9.17, 15) is 0 Å². The molecule has 0 spiro atoms. The lowest BCUT2D eigenvalue weighted by Gasteiger charge is -2.21. The minimum atomic E-state index is -3.11. The minimum Gasteiger partial charge on any atom is -0.309 e. The molecule has 53 heavy (non-hydrogen) atoms. The molecule has 0 saturated carbocycles. The van der Waals surface area contributed by atoms with Crippen LogP contribution >= 0.6 is 7.14 Å². The predicted molar refractivity (Wildman–Crippen MR) is 221 cm³/mol. The van der Waals surface area contributed by atoms with Crippen molar-refractivity contribution in [3.05, 3.63) is 194 Å². The van der Waals surface area contributed by atoms with Crippen LogP contribution < -0.4 is 15.9 Å². The maximum Gasteiger partial charge on any atom is 0.235 e. The third-order valence-corrected chi connectivity index (χ3v) is 13.4. The number of imidazole rings is 1. The van der Waals surface area contributed by atoms with Crippen LogP contribution in [0.15, 0.2) is 194 Å². The molecule has 0 atom stereocenters. The van der Waals surface area contributed by atoms with Gasteiger partial charge >= 0.3 is 0 Å². The van der Waals surface area contributed by atoms with E-state index >= 15 is 4.57 Å². The van der Waals surface area contributed by atoms with Gasteiger partial charge < -0.3 is 4.57 Å². The van der Waals surface area contributed by atoms with E-state index in [-0.39, 0.29) is 0 Å². The van der Waals surface area contributed by atoms with Crippen LogP contribution in [0.1, 0.15) is 0 Å². The molecule has 2 aromatic heterocycles. The Kier molecular flexibility index (Phi) is 7.38. The molecule has 0 amide bonds. The maximum absolute atomic E-state index is 15.2. The van der Waals surface area contributed by atoms with Crippen LogP contribution in [0.2, 0.25) is 0 Å². The standard InChI is InChI=1S/C48H32N3OP/c52-53(35-18-6-2-7-19-35,36-20-8-3-9-21-36)37-30-28-34(29-31-37)46-38-22-10-12-24-40(38)47(41-25-13-11-23-39(41)46)43-32-45(33-16-4-1-5-17-33)51-44-27-15-14-26-42(44)49-48(51)50-43/h1-32H. The van der Waals surface area contributed by atoms with Gasteiger partial charge in [-0.1, -0.05) is 176 Å². The van der Waals surface area contributed by atoms with Crippen LogP contribution in [0.5, 0.6) is 0 Å². The van der Waals surface area contributed by atoms with Crippen LogP contribution in [0.4, 0.5) is 0 Å². The molecule has 0 aliphatic carbocycles. The summed E-state index contributed by atoms with van der Waals surface area (Å²) in [5.74, 6) is 0.664. The summed E-state index contributed by atoms with van der Waals surface area (Å²) >= 11 is 0. The van der Waals surface area contributed by atoms with Crippen molar-refractivity contribution >= 4 is 61.4 Å². The minimum absolute atomic E-state index is 0.664. The van der Waals surface area contributed by atoms with Crippen molar-refractivity contribution < 1.29 is 4.57 Å². The number of fused-ring (bicyclic) bond motifs is 5. The summed E-state index contributed by atoms with van der Waals surface area (Å²) in [7, 11) is -3.11. The second kappa shape index (κ2) is 12.6. The predicted octanol–water partition coefficient (Wildman–Crippen LogP) is 10.8. The fourth-order valence-corrected chi connectivity index (χ4v) is 10.5. The van der Waals surface area contributed by atoms with Crippen LogP contribution in [0.3, 0.4) is 0 Å². The van der Waals surface area contributed by atoms with Crippen LogP contribution in [-0.4, -0.2) is 14.4 Å². The van der Waals surface area contributed by atoms with Crippen molar-refractivity contribution in [2.24, 2.45) is 0 Å². The molecule has 0 bridgehead atoms. The van der Waals surface area contributed by atoms with Gasteiger partial charge in [0, 0.05) is 21.5 Å². The summed E-state index contributed by atoms with van der Waals surface area (Å²) in [6.07, 6.45) is 0. The third kappa shape index (κ3) is 5.03. The lowest BCUT2D eigenvalue weighted by atomic mass is 9.87. The monoisotopic (exact) mass is 697 g/mol. The molecule has 0 aliphatic rings. The van der Waals surface area contributed by atoms with E-state index in [4.69, 9.17) is 9.97 Å². The van der Waals surface area contributed by atoms with E-state index in [2.05, 4.69) is 114 Å². The second-order valence-corrected chi connectivity index (χ2v) is 16.1. The van der Waals surface area contributed by atoms with Crippen LogP contribution in [0, 0.1) is 0 Å². The average Bonchev–Trinajstić information content (AvgIpc) is 3.62. The van der Waals surface area contributed by atoms with Crippen LogP contribution in [0.25, 0.3) is 72.0 Å². The Balaban J connectivity index is 1.21. The van der Waals surface area contributed by atoms with Gasteiger partial charge in [-0.3, -0.25) is 4.40 Å². The highest BCUT2D eigenvalue weighted by Crippen LogP contribution is 2.46. The number of para-hydroxylation sites is 2. The number of benzene rings is 8. The third-order valence-electron chi connectivity index (χ3n) is 10.3. The van der Waals surface area contributed by atoms with Gasteiger partial charge in [0.25, 0.3) is 0 Å². The van der Waals surface area contributed by atoms with Crippen molar-refractivity contribution in [2.45, 2.75) is 0 Å². The van der Waals surface area contributed by atoms with Gasteiger partial charge in [-0.15, -0.1) is 0 Å². The molecule has 0 saturated heterocycles. The van der Waals surface area contributed by atoms with Crippen molar-refractivity contribution in [1.29, 1.82) is 0 Å². The lowest BCUT2D eigenvalue weighted by Crippen LogP contribution is -2.24. The van der Waals surface area contributed by atoms with Crippen molar-refractivity contribution in [3.63, 3.8) is 0 Å². The van der Waals surface area contributed by atoms with E-state index in [0.717, 1.165) is 82.1 Å². The van der Waals surface area contributed by atoms with Crippen molar-refractivity contribution in [1.82, 2.24) is 14.4 Å². The fraction of sp³-hybridized carbons (Fsp3) is 0. The number of nitrogens with zero attached hydrogens (tertiary/aromatic N) is 3. The molecule has 0 aliphatic heterocycles. The van der Waals surface area contributed by atoms with Crippen LogP contribution in [-0.2, 0) is 4.57 Å². The summed E-state index contributed by atoms with van der Waals surface area (Å²) in [5.41, 5.74) is 8.20. The quantitative estimate of drug-likeness (QED) is 0.128. The van der Waals surface area contributed by atoms with Gasteiger partial charge in [0.1, 0.15) is 0 Å². The molecule has 4 nitrogen and oxygen atoms in total. The Bertz CT molecular complexity index is 2910. The Morgan fingerprint density at radius 1 is 0.415 bits per heavy atom. The highest BCUT2D eigenvalue weighted by Gasteiger charge is 2.30. The topological polar surface area (TPSA) is 47.3 Å². The van der Waals surface area contributed by atoms with Gasteiger partial charge in [0.15, 0.2) is 7.14 Å². The molecule has 10 rings (SSSR count). The molecular weight excluding hydrogens is 666 g/mol. The summed E-state index contributed by atoms with van der Waals surface area (Å²) < 4.78 is 17.3. The fourth-order valence-electron chi connectivity index (χ4n) is 7.89.